The molecule has 2 aromatic carbocycles. The van der Waals surface area contributed by atoms with Crippen molar-refractivity contribution in [3.63, 3.8) is 0 Å². The summed E-state index contributed by atoms with van der Waals surface area (Å²) >= 11 is 0. The van der Waals surface area contributed by atoms with Crippen molar-refractivity contribution in [1.82, 2.24) is 9.97 Å². The van der Waals surface area contributed by atoms with Gasteiger partial charge in [0.05, 0.1) is 35.2 Å². The minimum absolute atomic E-state index is 0.00147. The van der Waals surface area contributed by atoms with E-state index in [1.807, 2.05) is 25.1 Å². The van der Waals surface area contributed by atoms with E-state index < -0.39 is 16.4 Å². The summed E-state index contributed by atoms with van der Waals surface area (Å²) in [4.78, 5) is 18.4. The molecule has 0 aliphatic heterocycles. The van der Waals surface area contributed by atoms with Crippen LogP contribution in [0.25, 0.3) is 0 Å². The maximum Gasteiger partial charge on any atom is 0.307 e. The first-order valence-corrected chi connectivity index (χ1v) is 8.56. The Morgan fingerprint density at radius 3 is 2.73 bits per heavy atom. The summed E-state index contributed by atoms with van der Waals surface area (Å²) in [7, 11) is 1.28. The van der Waals surface area contributed by atoms with Gasteiger partial charge in [-0.25, -0.2) is 9.97 Å². The van der Waals surface area contributed by atoms with Crippen LogP contribution in [0.5, 0.6) is 5.75 Å². The Labute approximate surface area is 170 Å². The minimum atomic E-state index is -1.05. The van der Waals surface area contributed by atoms with Crippen LogP contribution in [0.2, 0.25) is 0 Å². The number of methoxy groups -OCH3 is 1. The average molecular weight is 406 g/mol. The van der Waals surface area contributed by atoms with E-state index in [-0.39, 0.29) is 34.4 Å². The number of hydrogen-bond acceptors (Lipinski definition) is 8. The number of nitro groups is 1. The average Bonchev–Trinajstić information content (AvgIpc) is 2.74. The number of rotatable bonds is 6. The van der Waals surface area contributed by atoms with Gasteiger partial charge in [0.25, 0.3) is 0 Å². The molecule has 0 unspecified atom stereocenters. The highest BCUT2D eigenvalue weighted by Crippen LogP contribution is 2.33. The lowest BCUT2D eigenvalue weighted by Crippen LogP contribution is -2.11. The fourth-order valence-corrected chi connectivity index (χ4v) is 2.77. The minimum Gasteiger partial charge on any atom is -0.494 e. The number of aromatic nitrogens is 2. The van der Waals surface area contributed by atoms with Crippen LogP contribution in [-0.2, 0) is 0 Å². The largest absolute Gasteiger partial charge is 0.494 e. The molecule has 0 fully saturated rings. The number of ether oxygens (including phenoxy) is 1. The smallest absolute Gasteiger partial charge is 0.307 e. The van der Waals surface area contributed by atoms with E-state index in [9.17, 15) is 19.8 Å². The van der Waals surface area contributed by atoms with Crippen LogP contribution in [0.1, 0.15) is 22.4 Å². The first kappa shape index (κ1) is 20.3. The van der Waals surface area contributed by atoms with E-state index in [1.165, 1.54) is 13.3 Å². The quantitative estimate of drug-likeness (QED) is 0.360. The summed E-state index contributed by atoms with van der Waals surface area (Å²) in [5.41, 5.74) is 0.922. The molecule has 1 heterocycles. The molecule has 0 aliphatic rings. The van der Waals surface area contributed by atoms with E-state index in [0.717, 1.165) is 17.7 Å². The van der Waals surface area contributed by atoms with E-state index >= 15 is 0 Å². The van der Waals surface area contributed by atoms with Crippen molar-refractivity contribution in [2.24, 2.45) is 0 Å². The van der Waals surface area contributed by atoms with Gasteiger partial charge >= 0.3 is 5.69 Å². The highest BCUT2D eigenvalue weighted by atomic mass is 19.1. The molecule has 150 valence electrons. The lowest BCUT2D eigenvalue weighted by molar-refractivity contribution is -0.387. The number of nitrogens with one attached hydrogen (secondary N) is 2. The predicted molar refractivity (Wildman–Crippen MR) is 107 cm³/mol. The molecular weight excluding hydrogens is 391 g/mol. The van der Waals surface area contributed by atoms with Crippen molar-refractivity contribution < 1.29 is 14.1 Å². The van der Waals surface area contributed by atoms with E-state index in [0.29, 0.717) is 5.56 Å². The summed E-state index contributed by atoms with van der Waals surface area (Å²) in [5.74, 6) is -1.09. The monoisotopic (exact) mass is 406 g/mol. The second-order valence-corrected chi connectivity index (χ2v) is 6.14. The number of anilines is 2. The molecule has 0 aliphatic carbocycles. The van der Waals surface area contributed by atoms with Gasteiger partial charge in [0.15, 0.2) is 0 Å². The molecule has 0 amide bonds. The number of hydrogen-bond donors (Lipinski definition) is 2. The molecule has 9 nitrogen and oxygen atoms in total. The number of nitriles is 1. The molecule has 1 aromatic heterocycles. The number of benzene rings is 2. The molecule has 0 atom stereocenters. The van der Waals surface area contributed by atoms with Gasteiger partial charge in [0.1, 0.15) is 17.5 Å². The molecule has 0 spiro atoms. The van der Waals surface area contributed by atoms with Gasteiger partial charge in [0, 0.05) is 17.7 Å². The number of nitro benzene ring substituents is 1. The Morgan fingerprint density at radius 2 is 2.10 bits per heavy atom. The third kappa shape index (κ3) is 3.90. The summed E-state index contributed by atoms with van der Waals surface area (Å²) in [6, 6.07) is 11.0. The van der Waals surface area contributed by atoms with Gasteiger partial charge < -0.3 is 10.1 Å². The van der Waals surface area contributed by atoms with Crippen molar-refractivity contribution in [3.8, 4) is 11.8 Å². The van der Waals surface area contributed by atoms with Gasteiger partial charge in [0.2, 0.25) is 11.8 Å². The topological polar surface area (TPSA) is 138 Å². The summed E-state index contributed by atoms with van der Waals surface area (Å²) < 4.78 is 18.9. The third-order valence-electron chi connectivity index (χ3n) is 4.27. The Bertz CT molecular complexity index is 1210. The van der Waals surface area contributed by atoms with Gasteiger partial charge in [-0.1, -0.05) is 24.3 Å². The lowest BCUT2D eigenvalue weighted by atomic mass is 10.00. The van der Waals surface area contributed by atoms with E-state index in [1.54, 1.807) is 12.1 Å². The highest BCUT2D eigenvalue weighted by Gasteiger charge is 2.21. The van der Waals surface area contributed by atoms with Gasteiger partial charge in [-0.05, 0) is 12.5 Å². The molecule has 0 saturated heterocycles. The molecule has 0 saturated carbocycles. The van der Waals surface area contributed by atoms with Gasteiger partial charge in [-0.3, -0.25) is 15.5 Å². The van der Waals surface area contributed by atoms with Crippen LogP contribution in [0.15, 0.2) is 42.6 Å². The van der Waals surface area contributed by atoms with Crippen molar-refractivity contribution in [2.45, 2.75) is 6.92 Å². The molecular formula is C20H15FN6O3. The van der Waals surface area contributed by atoms with Gasteiger partial charge in [-0.15, -0.1) is 0 Å². The Kier molecular flexibility index (Phi) is 5.64. The number of aryl methyl sites for hydroxylation is 1. The van der Waals surface area contributed by atoms with Crippen LogP contribution in [-0.4, -0.2) is 27.7 Å². The molecule has 3 aromatic rings. The highest BCUT2D eigenvalue weighted by molar-refractivity contribution is 6.11. The zero-order chi connectivity index (χ0) is 21.8. The molecule has 30 heavy (non-hydrogen) atoms. The third-order valence-corrected chi connectivity index (χ3v) is 4.27. The van der Waals surface area contributed by atoms with Crippen molar-refractivity contribution in [1.29, 1.82) is 10.7 Å². The second-order valence-electron chi connectivity index (χ2n) is 6.14. The Morgan fingerprint density at radius 1 is 1.37 bits per heavy atom. The van der Waals surface area contributed by atoms with Crippen LogP contribution in [0.3, 0.4) is 0 Å². The normalized spacial score (nSPS) is 10.2. The Hall–Kier alpha value is -4.39. The first-order chi connectivity index (χ1) is 14.3. The maximum atomic E-state index is 13.9. The molecule has 3 rings (SSSR count). The van der Waals surface area contributed by atoms with Crippen LogP contribution >= 0.6 is 0 Å². The standard InChI is InChI=1S/C20H15FN6O3/c1-11-5-3-4-6-13(11)18(23)19-12(9-22)10-24-20(26-19)25-15-8-16(27(28)29)14(21)7-17(15)30-2/h3-8,10,23H,1-2H3,(H,24,25,26). The number of halogens is 1. The van der Waals surface area contributed by atoms with Crippen molar-refractivity contribution in [2.75, 3.05) is 12.4 Å². The van der Waals surface area contributed by atoms with Gasteiger partial charge in [-0.2, -0.15) is 9.65 Å². The molecule has 10 heteroatoms. The lowest BCUT2D eigenvalue weighted by Gasteiger charge is -2.12. The van der Waals surface area contributed by atoms with Crippen LogP contribution < -0.4 is 10.1 Å². The zero-order valence-electron chi connectivity index (χ0n) is 15.9. The summed E-state index contributed by atoms with van der Waals surface area (Å²) in [6.45, 7) is 1.83. The van der Waals surface area contributed by atoms with Crippen LogP contribution in [0, 0.1) is 39.6 Å². The zero-order valence-corrected chi connectivity index (χ0v) is 15.9. The SMILES string of the molecule is COc1cc(F)c([N+](=O)[O-])cc1Nc1ncc(C#N)c(C(=N)c2ccccc2C)n1. The van der Waals surface area contributed by atoms with E-state index in [4.69, 9.17) is 10.1 Å². The van der Waals surface area contributed by atoms with Crippen molar-refractivity contribution in [3.05, 3.63) is 80.9 Å². The first-order valence-electron chi connectivity index (χ1n) is 8.56. The van der Waals surface area contributed by atoms with Crippen molar-refractivity contribution >= 4 is 23.0 Å². The Balaban J connectivity index is 2.06. The van der Waals surface area contributed by atoms with Crippen LogP contribution in [0.4, 0.5) is 21.7 Å². The fraction of sp³-hybridized carbons (Fsp3) is 0.100. The molecule has 0 bridgehead atoms. The fourth-order valence-electron chi connectivity index (χ4n) is 2.77. The van der Waals surface area contributed by atoms with E-state index in [2.05, 4.69) is 15.3 Å². The molecule has 0 radical (unpaired) electrons. The summed E-state index contributed by atoms with van der Waals surface area (Å²) in [6.07, 6.45) is 1.24. The summed E-state index contributed by atoms with van der Waals surface area (Å²) in [5, 5.41) is 31.7. The molecule has 2 N–H and O–H groups in total. The maximum absolute atomic E-state index is 13.9. The number of nitrogens with zero attached hydrogens (tertiary/aromatic N) is 4. The second kappa shape index (κ2) is 8.32. The predicted octanol–water partition coefficient (Wildman–Crippen LogP) is 3.87.